The van der Waals surface area contributed by atoms with Gasteiger partial charge in [0, 0.05) is 13.1 Å². The largest absolute Gasteiger partial charge is 0.481 e. The summed E-state index contributed by atoms with van der Waals surface area (Å²) in [6.45, 7) is 4.33. The van der Waals surface area contributed by atoms with E-state index in [1.54, 1.807) is 11.8 Å². The molecule has 0 aromatic heterocycles. The molecule has 1 aromatic carbocycles. The number of rotatable bonds is 3. The Bertz CT molecular complexity index is 544. The molecule has 1 amide bonds. The van der Waals surface area contributed by atoms with Gasteiger partial charge in [-0.15, -0.1) is 0 Å². The normalized spacial score (nSPS) is 23.5. The first-order valence-corrected chi connectivity index (χ1v) is 7.49. The predicted molar refractivity (Wildman–Crippen MR) is 77.9 cm³/mol. The quantitative estimate of drug-likeness (QED) is 0.926. The zero-order chi connectivity index (χ0) is 17.2. The Morgan fingerprint density at radius 2 is 1.96 bits per heavy atom. The van der Waals surface area contributed by atoms with Gasteiger partial charge in [-0.25, -0.2) is 0 Å². The lowest BCUT2D eigenvalue weighted by Crippen LogP contribution is -2.49. The molecule has 1 aliphatic heterocycles. The highest BCUT2D eigenvalue weighted by Gasteiger charge is 2.31. The second-order valence-corrected chi connectivity index (χ2v) is 5.90. The lowest BCUT2D eigenvalue weighted by molar-refractivity contribution is -0.141. The maximum atomic E-state index is 12.5. The first-order chi connectivity index (χ1) is 10.7. The van der Waals surface area contributed by atoms with E-state index in [4.69, 9.17) is 4.74 Å². The van der Waals surface area contributed by atoms with E-state index in [1.165, 1.54) is 12.1 Å². The number of carbonyl (C=O) groups is 1. The van der Waals surface area contributed by atoms with Crippen LogP contribution in [0, 0.1) is 5.92 Å². The molecule has 1 aromatic rings. The van der Waals surface area contributed by atoms with E-state index in [0.717, 1.165) is 12.1 Å². The summed E-state index contributed by atoms with van der Waals surface area (Å²) in [7, 11) is 0. The van der Waals surface area contributed by atoms with Crippen molar-refractivity contribution >= 4 is 5.91 Å². The number of piperidine rings is 1. The lowest BCUT2D eigenvalue weighted by atomic mass is 9.96. The van der Waals surface area contributed by atoms with Crippen LogP contribution in [0.3, 0.4) is 0 Å². The van der Waals surface area contributed by atoms with E-state index >= 15 is 0 Å². The third kappa shape index (κ3) is 4.37. The van der Waals surface area contributed by atoms with E-state index in [1.807, 2.05) is 6.92 Å². The summed E-state index contributed by atoms with van der Waals surface area (Å²) in [5, 5.41) is 9.68. The van der Waals surface area contributed by atoms with Gasteiger partial charge < -0.3 is 14.7 Å². The highest BCUT2D eigenvalue weighted by atomic mass is 19.4. The Balaban J connectivity index is 1.96. The van der Waals surface area contributed by atoms with Crippen molar-refractivity contribution < 1.29 is 27.8 Å². The van der Waals surface area contributed by atoms with Gasteiger partial charge in [-0.3, -0.25) is 4.79 Å². The number of nitrogens with zero attached hydrogens (tertiary/aromatic N) is 1. The molecule has 0 radical (unpaired) electrons. The molecule has 4 nitrogen and oxygen atoms in total. The van der Waals surface area contributed by atoms with Crippen molar-refractivity contribution in [3.63, 3.8) is 0 Å². The van der Waals surface area contributed by atoms with Gasteiger partial charge in [0.1, 0.15) is 5.75 Å². The van der Waals surface area contributed by atoms with Crippen LogP contribution in [-0.4, -0.2) is 41.2 Å². The van der Waals surface area contributed by atoms with E-state index in [9.17, 15) is 23.1 Å². The number of carbonyl (C=O) groups excluding carboxylic acids is 1. The molecule has 1 aliphatic rings. The van der Waals surface area contributed by atoms with Crippen molar-refractivity contribution in [3.05, 3.63) is 29.8 Å². The molecule has 0 saturated carbocycles. The highest BCUT2D eigenvalue weighted by Crippen LogP contribution is 2.30. The Labute approximate surface area is 132 Å². The first-order valence-electron chi connectivity index (χ1n) is 7.49. The van der Waals surface area contributed by atoms with Crippen LogP contribution < -0.4 is 4.74 Å². The maximum absolute atomic E-state index is 12.5. The summed E-state index contributed by atoms with van der Waals surface area (Å²) in [4.78, 5) is 13.9. The second kappa shape index (κ2) is 6.78. The molecule has 7 heteroatoms. The van der Waals surface area contributed by atoms with Gasteiger partial charge in [-0.1, -0.05) is 6.92 Å². The van der Waals surface area contributed by atoms with Crippen LogP contribution in [0.2, 0.25) is 0 Å². The van der Waals surface area contributed by atoms with Crippen LogP contribution in [0.5, 0.6) is 5.75 Å². The number of benzene rings is 1. The van der Waals surface area contributed by atoms with Crippen molar-refractivity contribution in [2.75, 3.05) is 13.1 Å². The minimum Gasteiger partial charge on any atom is -0.481 e. The Morgan fingerprint density at radius 1 is 1.35 bits per heavy atom. The SMILES string of the molecule is C[C@H](Oc1ccc(C(F)(F)F)cc1)C(=O)N1CC[C@@H](O)[C@@H](C)C1. The molecule has 0 spiro atoms. The molecule has 1 fully saturated rings. The van der Waals surface area contributed by atoms with Crippen LogP contribution in [0.15, 0.2) is 24.3 Å². The molecule has 2 rings (SSSR count). The summed E-state index contributed by atoms with van der Waals surface area (Å²) >= 11 is 0. The van der Waals surface area contributed by atoms with Gasteiger partial charge in [0.25, 0.3) is 5.91 Å². The first kappa shape index (κ1) is 17.6. The van der Waals surface area contributed by atoms with Crippen molar-refractivity contribution in [2.45, 2.75) is 38.7 Å². The minimum absolute atomic E-state index is 0.00836. The average molecular weight is 331 g/mol. The Kier molecular flexibility index (Phi) is 5.19. The summed E-state index contributed by atoms with van der Waals surface area (Å²) in [5.74, 6) is -0.0291. The van der Waals surface area contributed by atoms with Gasteiger partial charge in [0.05, 0.1) is 11.7 Å². The van der Waals surface area contributed by atoms with Crippen LogP contribution in [0.1, 0.15) is 25.8 Å². The van der Waals surface area contributed by atoms with E-state index in [0.29, 0.717) is 19.5 Å². The number of amides is 1. The molecular weight excluding hydrogens is 311 g/mol. The summed E-state index contributed by atoms with van der Waals surface area (Å²) < 4.78 is 42.9. The van der Waals surface area contributed by atoms with Crippen LogP contribution in [-0.2, 0) is 11.0 Å². The smallest absolute Gasteiger partial charge is 0.416 e. The number of hydrogen-bond donors (Lipinski definition) is 1. The molecule has 1 heterocycles. The maximum Gasteiger partial charge on any atom is 0.416 e. The minimum atomic E-state index is -4.40. The van der Waals surface area contributed by atoms with Crippen molar-refractivity contribution in [1.82, 2.24) is 4.90 Å². The number of likely N-dealkylation sites (tertiary alicyclic amines) is 1. The van der Waals surface area contributed by atoms with Crippen molar-refractivity contribution in [3.8, 4) is 5.75 Å². The molecule has 1 N–H and O–H groups in total. The third-order valence-corrected chi connectivity index (χ3v) is 4.01. The summed E-state index contributed by atoms with van der Waals surface area (Å²) in [5.41, 5.74) is -0.761. The number of aliphatic hydroxyl groups excluding tert-OH is 1. The summed E-state index contributed by atoms with van der Waals surface area (Å²) in [6, 6.07) is 4.25. The topological polar surface area (TPSA) is 49.8 Å². The third-order valence-electron chi connectivity index (χ3n) is 4.01. The van der Waals surface area contributed by atoms with E-state index in [2.05, 4.69) is 0 Å². The predicted octanol–water partition coefficient (Wildman–Crippen LogP) is 2.70. The standard InChI is InChI=1S/C16H20F3NO3/c1-10-9-20(8-7-14(10)21)15(22)11(2)23-13-5-3-12(4-6-13)16(17,18)19/h3-6,10-11,14,21H,7-9H2,1-2H3/t10-,11-,14+/m0/s1. The van der Waals surface area contributed by atoms with Gasteiger partial charge >= 0.3 is 6.18 Å². The number of aliphatic hydroxyl groups is 1. The Hall–Kier alpha value is -1.76. The number of hydrogen-bond acceptors (Lipinski definition) is 3. The van der Waals surface area contributed by atoms with E-state index in [-0.39, 0.29) is 17.6 Å². The van der Waals surface area contributed by atoms with Crippen molar-refractivity contribution in [1.29, 1.82) is 0 Å². The molecule has 1 saturated heterocycles. The summed E-state index contributed by atoms with van der Waals surface area (Å²) in [6.07, 6.45) is -5.09. The molecule has 128 valence electrons. The average Bonchev–Trinajstić information content (AvgIpc) is 2.49. The molecule has 3 atom stereocenters. The van der Waals surface area contributed by atoms with Crippen molar-refractivity contribution in [2.24, 2.45) is 5.92 Å². The fraction of sp³-hybridized carbons (Fsp3) is 0.562. The molecule has 0 bridgehead atoms. The number of ether oxygens (including phenoxy) is 1. The number of alkyl halides is 3. The zero-order valence-corrected chi connectivity index (χ0v) is 13.0. The highest BCUT2D eigenvalue weighted by molar-refractivity contribution is 5.81. The number of halogens is 3. The monoisotopic (exact) mass is 331 g/mol. The van der Waals surface area contributed by atoms with Gasteiger partial charge in [0.2, 0.25) is 0 Å². The van der Waals surface area contributed by atoms with Crippen LogP contribution >= 0.6 is 0 Å². The Morgan fingerprint density at radius 3 is 2.48 bits per heavy atom. The molecule has 23 heavy (non-hydrogen) atoms. The van der Waals surface area contributed by atoms with Crippen LogP contribution in [0.4, 0.5) is 13.2 Å². The fourth-order valence-corrected chi connectivity index (χ4v) is 2.57. The fourth-order valence-electron chi connectivity index (χ4n) is 2.57. The van der Waals surface area contributed by atoms with Gasteiger partial charge in [-0.2, -0.15) is 13.2 Å². The van der Waals surface area contributed by atoms with Gasteiger partial charge in [0.15, 0.2) is 6.10 Å². The second-order valence-electron chi connectivity index (χ2n) is 5.90. The van der Waals surface area contributed by atoms with Gasteiger partial charge in [-0.05, 0) is 43.5 Å². The zero-order valence-electron chi connectivity index (χ0n) is 13.0. The lowest BCUT2D eigenvalue weighted by Gasteiger charge is -2.35. The molecular formula is C16H20F3NO3. The van der Waals surface area contributed by atoms with E-state index < -0.39 is 23.9 Å². The molecule has 0 unspecified atom stereocenters. The molecule has 0 aliphatic carbocycles. The van der Waals surface area contributed by atoms with Crippen LogP contribution in [0.25, 0.3) is 0 Å².